The Labute approximate surface area is 67.1 Å². The molecule has 0 bridgehead atoms. The lowest BCUT2D eigenvalue weighted by molar-refractivity contribution is -0.104. The van der Waals surface area contributed by atoms with Crippen molar-refractivity contribution in [3.63, 3.8) is 0 Å². The van der Waals surface area contributed by atoms with Crippen LogP contribution in [-0.2, 0) is 4.79 Å². The minimum Gasteiger partial charge on any atom is -0.405 e. The molecule has 0 radical (unpaired) electrons. The first-order valence-corrected chi connectivity index (χ1v) is 3.42. The van der Waals surface area contributed by atoms with E-state index in [0.29, 0.717) is 5.57 Å². The fourth-order valence-corrected chi connectivity index (χ4v) is 0.579. The normalized spacial score (nSPS) is 14.0. The van der Waals surface area contributed by atoms with E-state index < -0.39 is 0 Å². The van der Waals surface area contributed by atoms with Gasteiger partial charge in [-0.15, -0.1) is 0 Å². The minimum atomic E-state index is 0.586. The summed E-state index contributed by atoms with van der Waals surface area (Å²) in [5.74, 6) is 0. The monoisotopic (exact) mass is 151 g/mol. The molecule has 0 aliphatic heterocycles. The van der Waals surface area contributed by atoms with Gasteiger partial charge in [0.15, 0.2) is 0 Å². The zero-order valence-electron chi connectivity index (χ0n) is 6.87. The Balaban J connectivity index is 4.47. The molecule has 2 heteroatoms. The Morgan fingerprint density at radius 3 is 2.45 bits per heavy atom. The fraction of sp³-hybridized carbons (Fsp3) is 0.222. The van der Waals surface area contributed by atoms with Crippen LogP contribution in [0.4, 0.5) is 0 Å². The molecule has 2 N–H and O–H groups in total. The van der Waals surface area contributed by atoms with Gasteiger partial charge in [-0.1, -0.05) is 11.6 Å². The van der Waals surface area contributed by atoms with Crippen molar-refractivity contribution in [3.05, 3.63) is 35.6 Å². The zero-order chi connectivity index (χ0) is 8.69. The molecular formula is C9H13NO. The van der Waals surface area contributed by atoms with Gasteiger partial charge < -0.3 is 5.73 Å². The molecule has 2 nitrogen and oxygen atoms in total. The predicted octanol–water partition coefficient (Wildman–Crippen LogP) is 1.55. The number of rotatable bonds is 3. The maximum absolute atomic E-state index is 10.3. The third kappa shape index (κ3) is 4.14. The highest BCUT2D eigenvalue weighted by atomic mass is 16.1. The number of aldehydes is 1. The first-order chi connectivity index (χ1) is 5.24. The number of carbonyl (C=O) groups excluding carboxylic acids is 1. The molecule has 0 saturated heterocycles. The first-order valence-electron chi connectivity index (χ1n) is 3.42. The van der Waals surface area contributed by atoms with Crippen LogP contribution in [0.5, 0.6) is 0 Å². The molecule has 0 spiro atoms. The van der Waals surface area contributed by atoms with Gasteiger partial charge in [0.2, 0.25) is 0 Å². The zero-order valence-corrected chi connectivity index (χ0v) is 6.87. The molecule has 0 aliphatic rings. The Morgan fingerprint density at radius 1 is 1.45 bits per heavy atom. The van der Waals surface area contributed by atoms with Gasteiger partial charge in [-0.2, -0.15) is 0 Å². The average molecular weight is 151 g/mol. The van der Waals surface area contributed by atoms with Crippen LogP contribution in [-0.4, -0.2) is 6.29 Å². The summed E-state index contributed by atoms with van der Waals surface area (Å²) in [5.41, 5.74) is 6.76. The number of hydrogen-bond acceptors (Lipinski definition) is 2. The van der Waals surface area contributed by atoms with Crippen LogP contribution < -0.4 is 5.73 Å². The van der Waals surface area contributed by atoms with Crippen LogP contribution in [0.1, 0.15) is 13.8 Å². The molecular weight excluding hydrogens is 138 g/mol. The summed E-state index contributed by atoms with van der Waals surface area (Å²) in [7, 11) is 0. The predicted molar refractivity (Wildman–Crippen MR) is 46.9 cm³/mol. The molecule has 0 heterocycles. The van der Waals surface area contributed by atoms with E-state index in [1.165, 1.54) is 6.20 Å². The van der Waals surface area contributed by atoms with E-state index in [9.17, 15) is 4.79 Å². The summed E-state index contributed by atoms with van der Waals surface area (Å²) in [6.07, 6.45) is 7.39. The van der Waals surface area contributed by atoms with Gasteiger partial charge >= 0.3 is 0 Å². The first kappa shape index (κ1) is 9.69. The second kappa shape index (κ2) is 5.47. The number of nitrogens with two attached hydrogens (primary N) is 1. The van der Waals surface area contributed by atoms with E-state index in [1.807, 2.05) is 19.9 Å². The lowest BCUT2D eigenvalue weighted by atomic mass is 10.2. The van der Waals surface area contributed by atoms with E-state index >= 15 is 0 Å². The quantitative estimate of drug-likeness (QED) is 0.378. The van der Waals surface area contributed by atoms with Crippen LogP contribution in [0.2, 0.25) is 0 Å². The summed E-state index contributed by atoms with van der Waals surface area (Å²) in [4.78, 5) is 10.3. The molecule has 0 aromatic heterocycles. The Bertz CT molecular complexity index is 212. The van der Waals surface area contributed by atoms with Crippen molar-refractivity contribution in [1.82, 2.24) is 0 Å². The van der Waals surface area contributed by atoms with Crippen LogP contribution in [0.25, 0.3) is 0 Å². The Hall–Kier alpha value is -1.31. The average Bonchev–Trinajstić information content (AvgIpc) is 2.03. The van der Waals surface area contributed by atoms with Crippen LogP contribution in [0, 0.1) is 0 Å². The topological polar surface area (TPSA) is 43.1 Å². The van der Waals surface area contributed by atoms with Gasteiger partial charge in [0, 0.05) is 5.57 Å². The Kier molecular flexibility index (Phi) is 4.82. The molecule has 0 aliphatic carbocycles. The maximum Gasteiger partial charge on any atom is 0.150 e. The molecule has 0 rings (SSSR count). The third-order valence-electron chi connectivity index (χ3n) is 1.27. The van der Waals surface area contributed by atoms with Gasteiger partial charge in [-0.05, 0) is 32.2 Å². The van der Waals surface area contributed by atoms with E-state index in [4.69, 9.17) is 5.73 Å². The molecule has 0 atom stereocenters. The number of allylic oxidation sites excluding steroid dienone is 5. The summed E-state index contributed by atoms with van der Waals surface area (Å²) in [6, 6.07) is 0. The summed E-state index contributed by atoms with van der Waals surface area (Å²) in [5, 5.41) is 0. The highest BCUT2D eigenvalue weighted by Crippen LogP contribution is 2.00. The smallest absolute Gasteiger partial charge is 0.150 e. The van der Waals surface area contributed by atoms with Crippen molar-refractivity contribution in [2.24, 2.45) is 5.73 Å². The second-order valence-corrected chi connectivity index (χ2v) is 2.15. The van der Waals surface area contributed by atoms with Crippen molar-refractivity contribution in [1.29, 1.82) is 0 Å². The lowest BCUT2D eigenvalue weighted by Crippen LogP contribution is -1.83. The van der Waals surface area contributed by atoms with Crippen molar-refractivity contribution >= 4 is 6.29 Å². The van der Waals surface area contributed by atoms with Crippen molar-refractivity contribution < 1.29 is 4.79 Å². The molecule has 0 amide bonds. The highest BCUT2D eigenvalue weighted by Gasteiger charge is 1.87. The maximum atomic E-state index is 10.3. The van der Waals surface area contributed by atoms with Gasteiger partial charge in [0.25, 0.3) is 0 Å². The Morgan fingerprint density at radius 2 is 2.09 bits per heavy atom. The van der Waals surface area contributed by atoms with Gasteiger partial charge in [-0.25, -0.2) is 0 Å². The summed E-state index contributed by atoms with van der Waals surface area (Å²) in [6.45, 7) is 3.84. The van der Waals surface area contributed by atoms with Crippen molar-refractivity contribution in [3.8, 4) is 0 Å². The molecule has 0 fully saturated rings. The lowest BCUT2D eigenvalue weighted by Gasteiger charge is -1.90. The summed E-state index contributed by atoms with van der Waals surface area (Å²) >= 11 is 0. The van der Waals surface area contributed by atoms with Crippen LogP contribution in [0.15, 0.2) is 35.6 Å². The molecule has 11 heavy (non-hydrogen) atoms. The number of hydrogen-bond donors (Lipinski definition) is 1. The van der Waals surface area contributed by atoms with Crippen molar-refractivity contribution in [2.45, 2.75) is 13.8 Å². The van der Waals surface area contributed by atoms with Gasteiger partial charge in [-0.3, -0.25) is 4.79 Å². The largest absolute Gasteiger partial charge is 0.405 e. The standard InChI is InChI=1S/C9H13NO/c1-3-8(2)6-9(7-11)4-5-10/h3-7H,10H2,1-2H3/b5-4-,8-3-,9-6+. The van der Waals surface area contributed by atoms with E-state index in [0.717, 1.165) is 11.9 Å². The van der Waals surface area contributed by atoms with Crippen molar-refractivity contribution in [2.75, 3.05) is 0 Å². The van der Waals surface area contributed by atoms with Crippen LogP contribution in [0.3, 0.4) is 0 Å². The fourth-order valence-electron chi connectivity index (χ4n) is 0.579. The number of carbonyl (C=O) groups is 1. The van der Waals surface area contributed by atoms with E-state index in [2.05, 4.69) is 0 Å². The molecule has 60 valence electrons. The SMILES string of the molecule is C\C=C(C)/C=C(C=O)\C=C/N. The van der Waals surface area contributed by atoms with E-state index in [1.54, 1.807) is 12.2 Å². The summed E-state index contributed by atoms with van der Waals surface area (Å²) < 4.78 is 0. The highest BCUT2D eigenvalue weighted by molar-refractivity contribution is 5.78. The molecule has 0 aromatic rings. The van der Waals surface area contributed by atoms with Gasteiger partial charge in [0.05, 0.1) is 0 Å². The van der Waals surface area contributed by atoms with E-state index in [-0.39, 0.29) is 0 Å². The third-order valence-corrected chi connectivity index (χ3v) is 1.27. The van der Waals surface area contributed by atoms with Gasteiger partial charge in [0.1, 0.15) is 6.29 Å². The molecule has 0 unspecified atom stereocenters. The van der Waals surface area contributed by atoms with Crippen LogP contribution >= 0.6 is 0 Å². The minimum absolute atomic E-state index is 0.586. The molecule has 0 aromatic carbocycles. The second-order valence-electron chi connectivity index (χ2n) is 2.15. The molecule has 0 saturated carbocycles.